The lowest BCUT2D eigenvalue weighted by Gasteiger charge is -2.20. The van der Waals surface area contributed by atoms with Gasteiger partial charge in [0.1, 0.15) is 16.5 Å². The van der Waals surface area contributed by atoms with Crippen LogP contribution in [0, 0.1) is 0 Å². The highest BCUT2D eigenvalue weighted by atomic mass is 35.5. The van der Waals surface area contributed by atoms with Gasteiger partial charge in [0.05, 0.1) is 11.4 Å². The fourth-order valence-corrected chi connectivity index (χ4v) is 6.81. The number of hydrogen-bond acceptors (Lipinski definition) is 3. The van der Waals surface area contributed by atoms with Crippen molar-refractivity contribution in [3.05, 3.63) is 191 Å². The van der Waals surface area contributed by atoms with Gasteiger partial charge in [-0.3, -0.25) is 4.99 Å². The van der Waals surface area contributed by atoms with Crippen LogP contribution in [0.1, 0.15) is 45.9 Å². The Labute approximate surface area is 273 Å². The van der Waals surface area contributed by atoms with Crippen molar-refractivity contribution in [2.24, 2.45) is 9.98 Å². The average molecular weight is 613 g/mol. The van der Waals surface area contributed by atoms with Crippen LogP contribution < -0.4 is 0 Å². The third-order valence-electron chi connectivity index (χ3n) is 8.77. The van der Waals surface area contributed by atoms with Gasteiger partial charge in [0.25, 0.3) is 0 Å². The van der Waals surface area contributed by atoms with Gasteiger partial charge in [-0.15, -0.1) is 0 Å². The van der Waals surface area contributed by atoms with E-state index in [1.165, 1.54) is 11.1 Å². The Morgan fingerprint density at radius 2 is 1.35 bits per heavy atom. The lowest BCUT2D eigenvalue weighted by molar-refractivity contribution is 0.604. The summed E-state index contributed by atoms with van der Waals surface area (Å²) in [5.74, 6) is 0.735. The van der Waals surface area contributed by atoms with Crippen molar-refractivity contribution in [2.45, 2.75) is 12.3 Å². The predicted octanol–water partition coefficient (Wildman–Crippen LogP) is 11.3. The van der Waals surface area contributed by atoms with E-state index in [1.807, 2.05) is 36.4 Å². The van der Waals surface area contributed by atoms with Crippen LogP contribution in [0.2, 0.25) is 0 Å². The number of hydrogen-bond donors (Lipinski definition) is 0. The zero-order valence-corrected chi connectivity index (χ0v) is 25.8. The number of furan rings is 1. The largest absolute Gasteiger partial charge is 0.454 e. The molecular formula is C42H29ClN2O. The van der Waals surface area contributed by atoms with Gasteiger partial charge >= 0.3 is 0 Å². The molecule has 0 fully saturated rings. The standard InChI is InChI=1S/C42H29ClN2O/c1-26-23-36(44-35-16-10-9-15-33(35)39(26)30-13-7-4-8-14-30)29-17-19-31(20-18-29)41-42-40(27(2)24-38(43)45-41)34-25-32(21-22-37(34)46-42)28-11-5-3-6-12-28/h3-22,24-25,39H,1-2,23H2. The van der Waals surface area contributed by atoms with Gasteiger partial charge in [-0.1, -0.05) is 140 Å². The van der Waals surface area contributed by atoms with Crippen molar-refractivity contribution in [1.82, 2.24) is 0 Å². The van der Waals surface area contributed by atoms with Gasteiger partial charge in [0, 0.05) is 28.9 Å². The first-order valence-corrected chi connectivity index (χ1v) is 15.7. The third-order valence-corrected chi connectivity index (χ3v) is 8.97. The summed E-state index contributed by atoms with van der Waals surface area (Å²) in [6, 6.07) is 43.8. The molecular weight excluding hydrogens is 584 g/mol. The number of nitrogens with zero attached hydrogens (tertiary/aromatic N) is 2. The zero-order chi connectivity index (χ0) is 31.2. The highest BCUT2D eigenvalue weighted by molar-refractivity contribution is 6.33. The quantitative estimate of drug-likeness (QED) is 0.144. The Bertz CT molecular complexity index is 2250. The minimum absolute atomic E-state index is 0.0780. The first kappa shape index (κ1) is 28.0. The smallest absolute Gasteiger partial charge is 0.162 e. The van der Waals surface area contributed by atoms with Crippen LogP contribution in [-0.2, 0) is 0 Å². The average Bonchev–Trinajstić information content (AvgIpc) is 3.33. The van der Waals surface area contributed by atoms with E-state index in [0.29, 0.717) is 23.0 Å². The van der Waals surface area contributed by atoms with Crippen LogP contribution in [0.5, 0.6) is 0 Å². The van der Waals surface area contributed by atoms with E-state index in [2.05, 4.69) is 104 Å². The molecule has 5 aromatic carbocycles. The molecule has 0 saturated heterocycles. The Morgan fingerprint density at radius 1 is 0.674 bits per heavy atom. The van der Waals surface area contributed by atoms with Crippen molar-refractivity contribution in [2.75, 3.05) is 0 Å². The highest BCUT2D eigenvalue weighted by Crippen LogP contribution is 2.42. The van der Waals surface area contributed by atoms with Crippen LogP contribution in [0.3, 0.4) is 0 Å². The normalized spacial score (nSPS) is 16.1. The molecule has 1 aromatic heterocycles. The minimum Gasteiger partial charge on any atom is -0.454 e. The summed E-state index contributed by atoms with van der Waals surface area (Å²) >= 11 is 6.63. The lowest BCUT2D eigenvalue weighted by Crippen LogP contribution is -2.08. The summed E-state index contributed by atoms with van der Waals surface area (Å²) in [6.07, 6.45) is 2.47. The first-order valence-electron chi connectivity index (χ1n) is 15.3. The van der Waals surface area contributed by atoms with Gasteiger partial charge < -0.3 is 4.42 Å². The van der Waals surface area contributed by atoms with Crippen molar-refractivity contribution in [3.8, 4) is 11.1 Å². The van der Waals surface area contributed by atoms with Crippen molar-refractivity contribution in [3.63, 3.8) is 0 Å². The summed E-state index contributed by atoms with van der Waals surface area (Å²) in [7, 11) is 0. The maximum absolute atomic E-state index is 6.63. The van der Waals surface area contributed by atoms with Crippen LogP contribution in [0.15, 0.2) is 172 Å². The second-order valence-corrected chi connectivity index (χ2v) is 12.1. The lowest BCUT2D eigenvalue weighted by atomic mass is 9.83. The molecule has 0 saturated carbocycles. The van der Waals surface area contributed by atoms with E-state index in [1.54, 1.807) is 6.08 Å². The van der Waals surface area contributed by atoms with E-state index in [0.717, 1.165) is 61.3 Å². The summed E-state index contributed by atoms with van der Waals surface area (Å²) in [4.78, 5) is 9.98. The molecule has 0 N–H and O–H groups in total. The van der Waals surface area contributed by atoms with Crippen LogP contribution in [-0.4, -0.2) is 11.4 Å². The van der Waals surface area contributed by atoms with Crippen molar-refractivity contribution in [1.29, 1.82) is 0 Å². The van der Waals surface area contributed by atoms with Crippen molar-refractivity contribution >= 4 is 45.3 Å². The van der Waals surface area contributed by atoms with Gasteiger partial charge in [0.15, 0.2) is 5.76 Å². The number of allylic oxidation sites excluding steroid dienone is 3. The molecule has 0 radical (unpaired) electrons. The van der Waals surface area contributed by atoms with E-state index in [4.69, 9.17) is 26.0 Å². The van der Waals surface area contributed by atoms with Gasteiger partial charge in [-0.05, 0) is 57.7 Å². The molecule has 4 heteroatoms. The van der Waals surface area contributed by atoms with E-state index in [-0.39, 0.29) is 5.92 Å². The summed E-state index contributed by atoms with van der Waals surface area (Å²) in [5, 5.41) is 1.34. The summed E-state index contributed by atoms with van der Waals surface area (Å²) in [6.45, 7) is 8.89. The summed E-state index contributed by atoms with van der Waals surface area (Å²) in [5.41, 5.74) is 12.7. The molecule has 3 nitrogen and oxygen atoms in total. The second-order valence-electron chi connectivity index (χ2n) is 11.7. The minimum atomic E-state index is 0.0780. The molecule has 0 bridgehead atoms. The molecule has 220 valence electrons. The molecule has 8 rings (SSSR count). The number of aliphatic imine (C=N–C) groups is 2. The van der Waals surface area contributed by atoms with Gasteiger partial charge in [-0.2, -0.15) is 0 Å². The van der Waals surface area contributed by atoms with Crippen LogP contribution >= 0.6 is 11.6 Å². The Balaban J connectivity index is 1.18. The monoisotopic (exact) mass is 612 g/mol. The molecule has 0 amide bonds. The van der Waals surface area contributed by atoms with Crippen LogP contribution in [0.4, 0.5) is 5.69 Å². The summed E-state index contributed by atoms with van der Waals surface area (Å²) < 4.78 is 6.50. The number of para-hydroxylation sites is 1. The van der Waals surface area contributed by atoms with E-state index >= 15 is 0 Å². The number of fused-ring (bicyclic) bond motifs is 4. The molecule has 6 aromatic rings. The fourth-order valence-electron chi connectivity index (χ4n) is 6.60. The van der Waals surface area contributed by atoms with Gasteiger partial charge in [0.2, 0.25) is 0 Å². The first-order chi connectivity index (χ1) is 22.5. The SMILES string of the molecule is C=C1C=C(Cl)N=C(c2ccc(C3=Nc4ccccc4C(c4ccccc4)C(=C)C3)cc2)c2oc3ccc(-c4ccccc4)cc3c21. The van der Waals surface area contributed by atoms with Crippen LogP contribution in [0.25, 0.3) is 27.7 Å². The number of halogens is 1. The number of rotatable bonds is 4. The molecule has 46 heavy (non-hydrogen) atoms. The fraction of sp³-hybridized carbons (Fsp3) is 0.0476. The molecule has 1 atom stereocenters. The Morgan fingerprint density at radius 3 is 2.13 bits per heavy atom. The Kier molecular flexibility index (Phi) is 6.97. The molecule has 3 heterocycles. The third kappa shape index (κ3) is 4.95. The molecule has 0 spiro atoms. The predicted molar refractivity (Wildman–Crippen MR) is 191 cm³/mol. The molecule has 1 unspecified atom stereocenters. The highest BCUT2D eigenvalue weighted by Gasteiger charge is 2.27. The maximum Gasteiger partial charge on any atom is 0.162 e. The molecule has 0 aliphatic carbocycles. The molecule has 2 aliphatic rings. The molecule has 2 aliphatic heterocycles. The van der Waals surface area contributed by atoms with Gasteiger partial charge in [-0.25, -0.2) is 4.99 Å². The topological polar surface area (TPSA) is 37.9 Å². The Hall–Kier alpha value is -5.51. The van der Waals surface area contributed by atoms with Crippen molar-refractivity contribution < 1.29 is 4.42 Å². The zero-order valence-electron chi connectivity index (χ0n) is 25.1. The van der Waals surface area contributed by atoms with E-state index < -0.39 is 0 Å². The second kappa shape index (κ2) is 11.4. The van der Waals surface area contributed by atoms with E-state index in [9.17, 15) is 0 Å². The maximum atomic E-state index is 6.63. The number of benzene rings is 5.